The molecule has 2 aromatic rings. The fourth-order valence-corrected chi connectivity index (χ4v) is 1.52. The molecule has 1 aromatic heterocycles. The van der Waals surface area contributed by atoms with Crippen LogP contribution in [-0.4, -0.2) is 9.97 Å². The maximum atomic E-state index is 11.0. The molecule has 2 rings (SSSR count). The Morgan fingerprint density at radius 3 is 2.75 bits per heavy atom. The van der Waals surface area contributed by atoms with E-state index in [0.717, 1.165) is 10.0 Å². The van der Waals surface area contributed by atoms with Crippen LogP contribution in [0.1, 0.15) is 5.56 Å². The highest BCUT2D eigenvalue weighted by Crippen LogP contribution is 2.11. The molecule has 0 radical (unpaired) electrons. The minimum atomic E-state index is -0.159. The lowest BCUT2D eigenvalue weighted by atomic mass is 10.2. The maximum absolute atomic E-state index is 11.0. The van der Waals surface area contributed by atoms with E-state index in [4.69, 9.17) is 0 Å². The highest BCUT2D eigenvalue weighted by atomic mass is 79.9. The molecule has 0 saturated carbocycles. The van der Waals surface area contributed by atoms with Crippen LogP contribution in [0.4, 0.5) is 5.82 Å². The zero-order chi connectivity index (χ0) is 11.4. The second kappa shape index (κ2) is 4.94. The Kier molecular flexibility index (Phi) is 3.36. The van der Waals surface area contributed by atoms with Crippen molar-refractivity contribution in [2.75, 3.05) is 5.32 Å². The molecule has 1 aromatic carbocycles. The van der Waals surface area contributed by atoms with Crippen LogP contribution in [-0.2, 0) is 6.54 Å². The Morgan fingerprint density at radius 2 is 2.06 bits per heavy atom. The minimum absolute atomic E-state index is 0.159. The standard InChI is InChI=1S/C11H10BrN3O/c12-9-3-1-8(2-4-9)6-13-10-5-11(16)15-7-14-10/h1-5,7H,6H2,(H2,13,14,15,16). The first-order valence-corrected chi connectivity index (χ1v) is 5.56. The number of hydrogen-bond donors (Lipinski definition) is 2. The van der Waals surface area contributed by atoms with Gasteiger partial charge in [-0.05, 0) is 17.7 Å². The summed E-state index contributed by atoms with van der Waals surface area (Å²) in [5, 5.41) is 3.07. The fraction of sp³-hybridized carbons (Fsp3) is 0.0909. The molecule has 0 spiro atoms. The second-order valence-electron chi connectivity index (χ2n) is 3.28. The molecular weight excluding hydrogens is 270 g/mol. The van der Waals surface area contributed by atoms with E-state index in [1.165, 1.54) is 12.4 Å². The SMILES string of the molecule is O=c1cc(NCc2ccc(Br)cc2)nc[nH]1. The van der Waals surface area contributed by atoms with Gasteiger partial charge in [0.25, 0.3) is 5.56 Å². The van der Waals surface area contributed by atoms with E-state index < -0.39 is 0 Å². The van der Waals surface area contributed by atoms with Gasteiger partial charge in [-0.25, -0.2) is 4.98 Å². The molecule has 16 heavy (non-hydrogen) atoms. The molecule has 0 saturated heterocycles. The van der Waals surface area contributed by atoms with Gasteiger partial charge in [0, 0.05) is 17.1 Å². The number of H-pyrrole nitrogens is 1. The lowest BCUT2D eigenvalue weighted by Gasteiger charge is -2.04. The van der Waals surface area contributed by atoms with Gasteiger partial charge in [-0.3, -0.25) is 4.79 Å². The van der Waals surface area contributed by atoms with Crippen molar-refractivity contribution in [2.24, 2.45) is 0 Å². The van der Waals surface area contributed by atoms with Crippen molar-refractivity contribution in [3.8, 4) is 0 Å². The number of rotatable bonds is 3. The molecule has 0 bridgehead atoms. The van der Waals surface area contributed by atoms with Crippen molar-refractivity contribution < 1.29 is 0 Å². The number of nitrogens with zero attached hydrogens (tertiary/aromatic N) is 1. The summed E-state index contributed by atoms with van der Waals surface area (Å²) < 4.78 is 1.05. The van der Waals surface area contributed by atoms with Crippen LogP contribution in [0.25, 0.3) is 0 Å². The molecule has 0 amide bonds. The van der Waals surface area contributed by atoms with Gasteiger partial charge < -0.3 is 10.3 Å². The average molecular weight is 280 g/mol. The van der Waals surface area contributed by atoms with E-state index >= 15 is 0 Å². The van der Waals surface area contributed by atoms with Crippen LogP contribution in [0.15, 0.2) is 45.9 Å². The lowest BCUT2D eigenvalue weighted by molar-refractivity contribution is 1.06. The van der Waals surface area contributed by atoms with Gasteiger partial charge in [-0.2, -0.15) is 0 Å². The molecule has 0 aliphatic heterocycles. The third-order valence-corrected chi connectivity index (χ3v) is 2.59. The minimum Gasteiger partial charge on any atom is -0.366 e. The predicted octanol–water partition coefficient (Wildman–Crippen LogP) is 2.14. The summed E-state index contributed by atoms with van der Waals surface area (Å²) in [6, 6.07) is 9.39. The van der Waals surface area contributed by atoms with Crippen LogP contribution in [0.3, 0.4) is 0 Å². The summed E-state index contributed by atoms with van der Waals surface area (Å²) in [6.07, 6.45) is 1.38. The van der Waals surface area contributed by atoms with Gasteiger partial charge in [-0.1, -0.05) is 28.1 Å². The van der Waals surface area contributed by atoms with Crippen molar-refractivity contribution in [1.29, 1.82) is 0 Å². The molecule has 5 heteroatoms. The highest BCUT2D eigenvalue weighted by molar-refractivity contribution is 9.10. The molecule has 1 heterocycles. The van der Waals surface area contributed by atoms with Crippen LogP contribution in [0.2, 0.25) is 0 Å². The van der Waals surface area contributed by atoms with Gasteiger partial charge in [0.15, 0.2) is 0 Å². The van der Waals surface area contributed by atoms with E-state index in [1.54, 1.807) is 0 Å². The molecule has 0 atom stereocenters. The predicted molar refractivity (Wildman–Crippen MR) is 66.3 cm³/mol. The first-order chi connectivity index (χ1) is 7.74. The first kappa shape index (κ1) is 10.9. The van der Waals surface area contributed by atoms with Crippen LogP contribution >= 0.6 is 15.9 Å². The molecule has 2 N–H and O–H groups in total. The first-order valence-electron chi connectivity index (χ1n) is 4.77. The Hall–Kier alpha value is -1.62. The van der Waals surface area contributed by atoms with Crippen LogP contribution < -0.4 is 10.9 Å². The molecule has 82 valence electrons. The van der Waals surface area contributed by atoms with Crippen molar-refractivity contribution in [3.63, 3.8) is 0 Å². The number of nitrogens with one attached hydrogen (secondary N) is 2. The normalized spacial score (nSPS) is 10.1. The monoisotopic (exact) mass is 279 g/mol. The Labute approximate surface area is 101 Å². The highest BCUT2D eigenvalue weighted by Gasteiger charge is 1.95. The van der Waals surface area contributed by atoms with Crippen molar-refractivity contribution in [1.82, 2.24) is 9.97 Å². The zero-order valence-corrected chi connectivity index (χ0v) is 9.99. The van der Waals surface area contributed by atoms with Gasteiger partial charge in [0.05, 0.1) is 6.33 Å². The summed E-state index contributed by atoms with van der Waals surface area (Å²) in [5.41, 5.74) is 0.971. The number of hydrogen-bond acceptors (Lipinski definition) is 3. The fourth-order valence-electron chi connectivity index (χ4n) is 1.26. The van der Waals surface area contributed by atoms with Crippen molar-refractivity contribution in [2.45, 2.75) is 6.54 Å². The van der Waals surface area contributed by atoms with Crippen LogP contribution in [0, 0.1) is 0 Å². The van der Waals surface area contributed by atoms with Gasteiger partial charge in [0.2, 0.25) is 0 Å². The van der Waals surface area contributed by atoms with E-state index in [1.807, 2.05) is 24.3 Å². The van der Waals surface area contributed by atoms with Gasteiger partial charge in [0.1, 0.15) is 5.82 Å². The third-order valence-electron chi connectivity index (χ3n) is 2.07. The van der Waals surface area contributed by atoms with Gasteiger partial charge >= 0.3 is 0 Å². The molecule has 0 aliphatic carbocycles. The Balaban J connectivity index is 2.02. The number of benzene rings is 1. The maximum Gasteiger partial charge on any atom is 0.252 e. The average Bonchev–Trinajstić information content (AvgIpc) is 2.28. The number of aromatic nitrogens is 2. The number of halogens is 1. The molecule has 4 nitrogen and oxygen atoms in total. The van der Waals surface area contributed by atoms with E-state index in [9.17, 15) is 4.79 Å². The Morgan fingerprint density at radius 1 is 1.31 bits per heavy atom. The van der Waals surface area contributed by atoms with E-state index in [0.29, 0.717) is 12.4 Å². The smallest absolute Gasteiger partial charge is 0.252 e. The third kappa shape index (κ3) is 2.93. The summed E-state index contributed by atoms with van der Waals surface area (Å²) in [4.78, 5) is 17.5. The quantitative estimate of drug-likeness (QED) is 0.905. The summed E-state index contributed by atoms with van der Waals surface area (Å²) in [6.45, 7) is 0.643. The zero-order valence-electron chi connectivity index (χ0n) is 8.40. The van der Waals surface area contributed by atoms with Crippen LogP contribution in [0.5, 0.6) is 0 Å². The molecule has 0 unspecified atom stereocenters. The molecule has 0 aliphatic rings. The molecule has 0 fully saturated rings. The van der Waals surface area contributed by atoms with Gasteiger partial charge in [-0.15, -0.1) is 0 Å². The summed E-state index contributed by atoms with van der Waals surface area (Å²) in [5.74, 6) is 0.576. The number of aromatic amines is 1. The second-order valence-corrected chi connectivity index (χ2v) is 4.19. The summed E-state index contributed by atoms with van der Waals surface area (Å²) >= 11 is 3.37. The topological polar surface area (TPSA) is 57.8 Å². The largest absolute Gasteiger partial charge is 0.366 e. The van der Waals surface area contributed by atoms with E-state index in [2.05, 4.69) is 31.2 Å². The Bertz CT molecular complexity index is 521. The summed E-state index contributed by atoms with van der Waals surface area (Å²) in [7, 11) is 0. The van der Waals surface area contributed by atoms with E-state index in [-0.39, 0.29) is 5.56 Å². The number of anilines is 1. The lowest BCUT2D eigenvalue weighted by Crippen LogP contribution is -2.08. The molecular formula is C11H10BrN3O. The van der Waals surface area contributed by atoms with Crippen molar-refractivity contribution in [3.05, 3.63) is 57.0 Å². The van der Waals surface area contributed by atoms with Crippen molar-refractivity contribution >= 4 is 21.7 Å².